The van der Waals surface area contributed by atoms with Gasteiger partial charge in [-0.15, -0.1) is 0 Å². The van der Waals surface area contributed by atoms with Crippen molar-refractivity contribution in [3.8, 4) is 0 Å². The average Bonchev–Trinajstić information content (AvgIpc) is 2.34. The van der Waals surface area contributed by atoms with Gasteiger partial charge in [-0.3, -0.25) is 0 Å². The number of benzene rings is 1. The van der Waals surface area contributed by atoms with E-state index < -0.39 is 0 Å². The lowest BCUT2D eigenvalue weighted by molar-refractivity contribution is 0.0582. The predicted octanol–water partition coefficient (Wildman–Crippen LogP) is 2.57. The lowest BCUT2D eigenvalue weighted by Crippen LogP contribution is -2.41. The summed E-state index contributed by atoms with van der Waals surface area (Å²) in [5.41, 5.74) is 1.38. The molecule has 4 heteroatoms. The molecule has 2 rings (SSSR count). The van der Waals surface area contributed by atoms with Gasteiger partial charge in [-0.2, -0.15) is 0 Å². The first kappa shape index (κ1) is 14.8. The number of nitrogens with one attached hydrogen (secondary N) is 1. The second kappa shape index (κ2) is 7.25. The van der Waals surface area contributed by atoms with Crippen LogP contribution in [0.1, 0.15) is 30.7 Å². The minimum atomic E-state index is -0.357. The minimum Gasteiger partial charge on any atom is -0.391 e. The molecule has 0 aliphatic heterocycles. The lowest BCUT2D eigenvalue weighted by atomic mass is 9.76. The van der Waals surface area contributed by atoms with Crippen molar-refractivity contribution in [2.24, 2.45) is 0 Å². The van der Waals surface area contributed by atoms with Crippen LogP contribution >= 0.6 is 11.6 Å². The molecule has 1 saturated carbocycles. The van der Waals surface area contributed by atoms with Crippen LogP contribution in [-0.4, -0.2) is 37.5 Å². The average molecular weight is 284 g/mol. The number of rotatable bonds is 7. The van der Waals surface area contributed by atoms with E-state index in [1.807, 2.05) is 12.1 Å². The van der Waals surface area contributed by atoms with E-state index in [1.165, 1.54) is 18.4 Å². The van der Waals surface area contributed by atoms with Gasteiger partial charge in [0.15, 0.2) is 0 Å². The van der Waals surface area contributed by atoms with E-state index in [0.29, 0.717) is 18.6 Å². The van der Waals surface area contributed by atoms with Crippen LogP contribution in [0, 0.1) is 0 Å². The highest BCUT2D eigenvalue weighted by atomic mass is 35.5. The van der Waals surface area contributed by atoms with E-state index in [1.54, 1.807) is 7.11 Å². The summed E-state index contributed by atoms with van der Waals surface area (Å²) in [4.78, 5) is 0. The molecule has 1 atom stereocenters. The lowest BCUT2D eigenvalue weighted by Gasteiger charge is -2.36. The Hall–Kier alpha value is -0.610. The standard InChI is InChI=1S/C15H22ClNO2/c1-19-10-15(18)6-7-17-14-8-12(9-14)11-2-4-13(16)5-3-11/h2-5,12,14-15,17-18H,6-10H2,1H3. The number of aliphatic hydroxyl groups excluding tert-OH is 1. The van der Waals surface area contributed by atoms with Crippen molar-refractivity contribution in [3.63, 3.8) is 0 Å². The van der Waals surface area contributed by atoms with E-state index >= 15 is 0 Å². The van der Waals surface area contributed by atoms with Crippen LogP contribution < -0.4 is 5.32 Å². The second-order valence-electron chi connectivity index (χ2n) is 5.27. The van der Waals surface area contributed by atoms with Crippen LogP contribution in [0.2, 0.25) is 5.02 Å². The first-order chi connectivity index (χ1) is 9.19. The van der Waals surface area contributed by atoms with Gasteiger partial charge in [-0.25, -0.2) is 0 Å². The quantitative estimate of drug-likeness (QED) is 0.808. The van der Waals surface area contributed by atoms with Gasteiger partial charge in [-0.05, 0) is 49.4 Å². The van der Waals surface area contributed by atoms with Crippen LogP contribution in [-0.2, 0) is 4.74 Å². The van der Waals surface area contributed by atoms with Gasteiger partial charge in [0.05, 0.1) is 12.7 Å². The van der Waals surface area contributed by atoms with Gasteiger partial charge in [0.1, 0.15) is 0 Å². The summed E-state index contributed by atoms with van der Waals surface area (Å²) in [5.74, 6) is 0.652. The number of ether oxygens (including phenoxy) is 1. The monoisotopic (exact) mass is 283 g/mol. The van der Waals surface area contributed by atoms with Crippen LogP contribution in [0.25, 0.3) is 0 Å². The molecular formula is C15H22ClNO2. The number of halogens is 1. The Bertz CT molecular complexity index is 376. The highest BCUT2D eigenvalue weighted by molar-refractivity contribution is 6.30. The molecule has 19 heavy (non-hydrogen) atoms. The fourth-order valence-electron chi connectivity index (χ4n) is 2.52. The van der Waals surface area contributed by atoms with Crippen LogP contribution in [0.5, 0.6) is 0 Å². The van der Waals surface area contributed by atoms with E-state index in [2.05, 4.69) is 17.4 Å². The van der Waals surface area contributed by atoms with Gasteiger partial charge in [0.2, 0.25) is 0 Å². The third-order valence-electron chi connectivity index (χ3n) is 3.75. The zero-order valence-electron chi connectivity index (χ0n) is 11.3. The zero-order valence-corrected chi connectivity index (χ0v) is 12.1. The Morgan fingerprint density at radius 2 is 2.05 bits per heavy atom. The number of methoxy groups -OCH3 is 1. The molecule has 3 nitrogen and oxygen atoms in total. The summed E-state index contributed by atoms with van der Waals surface area (Å²) in [6, 6.07) is 8.73. The highest BCUT2D eigenvalue weighted by Crippen LogP contribution is 2.37. The maximum atomic E-state index is 9.53. The fourth-order valence-corrected chi connectivity index (χ4v) is 2.65. The molecule has 1 aromatic rings. The Balaban J connectivity index is 1.62. The third-order valence-corrected chi connectivity index (χ3v) is 4.00. The molecule has 106 valence electrons. The van der Waals surface area contributed by atoms with Crippen molar-refractivity contribution < 1.29 is 9.84 Å². The normalized spacial score (nSPS) is 23.9. The molecule has 0 saturated heterocycles. The Morgan fingerprint density at radius 3 is 2.68 bits per heavy atom. The minimum absolute atomic E-state index is 0.357. The van der Waals surface area contributed by atoms with E-state index in [9.17, 15) is 5.11 Å². The molecule has 0 amide bonds. The van der Waals surface area contributed by atoms with Crippen LogP contribution in [0.3, 0.4) is 0 Å². The summed E-state index contributed by atoms with van der Waals surface area (Å²) >= 11 is 5.88. The smallest absolute Gasteiger partial charge is 0.0785 e. The van der Waals surface area contributed by atoms with Gasteiger partial charge in [0.25, 0.3) is 0 Å². The summed E-state index contributed by atoms with van der Waals surface area (Å²) in [7, 11) is 1.61. The number of hydrogen-bond donors (Lipinski definition) is 2. The Kier molecular flexibility index (Phi) is 5.64. The molecule has 2 N–H and O–H groups in total. The maximum absolute atomic E-state index is 9.53. The molecule has 0 radical (unpaired) electrons. The van der Waals surface area contributed by atoms with E-state index in [4.69, 9.17) is 16.3 Å². The Labute approximate surface area is 119 Å². The molecule has 1 aromatic carbocycles. The van der Waals surface area contributed by atoms with E-state index in [0.717, 1.165) is 18.0 Å². The van der Waals surface area contributed by atoms with Crippen molar-refractivity contribution in [2.75, 3.05) is 20.3 Å². The summed E-state index contributed by atoms with van der Waals surface area (Å²) in [5, 5.41) is 13.8. The van der Waals surface area contributed by atoms with Gasteiger partial charge in [0, 0.05) is 18.2 Å². The molecule has 1 fully saturated rings. The summed E-state index contributed by atoms with van der Waals surface area (Å²) in [6.07, 6.45) is 2.73. The third kappa shape index (κ3) is 4.46. The van der Waals surface area contributed by atoms with Gasteiger partial charge < -0.3 is 15.2 Å². The topological polar surface area (TPSA) is 41.5 Å². The largest absolute Gasteiger partial charge is 0.391 e. The first-order valence-electron chi connectivity index (χ1n) is 6.85. The maximum Gasteiger partial charge on any atom is 0.0785 e. The number of hydrogen-bond acceptors (Lipinski definition) is 3. The molecule has 1 unspecified atom stereocenters. The Morgan fingerprint density at radius 1 is 1.37 bits per heavy atom. The summed E-state index contributed by atoms with van der Waals surface area (Å²) in [6.45, 7) is 1.27. The van der Waals surface area contributed by atoms with Gasteiger partial charge >= 0.3 is 0 Å². The molecule has 0 aromatic heterocycles. The molecular weight excluding hydrogens is 262 g/mol. The van der Waals surface area contributed by atoms with Crippen molar-refractivity contribution >= 4 is 11.6 Å². The first-order valence-corrected chi connectivity index (χ1v) is 7.22. The fraction of sp³-hybridized carbons (Fsp3) is 0.600. The number of aliphatic hydroxyl groups is 1. The zero-order chi connectivity index (χ0) is 13.7. The summed E-state index contributed by atoms with van der Waals surface area (Å²) < 4.78 is 4.90. The highest BCUT2D eigenvalue weighted by Gasteiger charge is 2.29. The van der Waals surface area contributed by atoms with E-state index in [-0.39, 0.29) is 6.10 Å². The van der Waals surface area contributed by atoms with Crippen LogP contribution in [0.4, 0.5) is 0 Å². The van der Waals surface area contributed by atoms with Crippen molar-refractivity contribution in [3.05, 3.63) is 34.9 Å². The molecule has 1 aliphatic rings. The SMILES string of the molecule is COCC(O)CCNC1CC(c2ccc(Cl)cc2)C1. The molecule has 1 aliphatic carbocycles. The molecule has 0 spiro atoms. The van der Waals surface area contributed by atoms with Gasteiger partial charge in [-0.1, -0.05) is 23.7 Å². The van der Waals surface area contributed by atoms with Crippen LogP contribution in [0.15, 0.2) is 24.3 Å². The predicted molar refractivity (Wildman–Crippen MR) is 77.7 cm³/mol. The molecule has 0 bridgehead atoms. The van der Waals surface area contributed by atoms with Crippen molar-refractivity contribution in [1.82, 2.24) is 5.32 Å². The second-order valence-corrected chi connectivity index (χ2v) is 5.71. The van der Waals surface area contributed by atoms with Crippen molar-refractivity contribution in [1.29, 1.82) is 0 Å². The molecule has 0 heterocycles. The van der Waals surface area contributed by atoms with Crippen molar-refractivity contribution in [2.45, 2.75) is 37.3 Å².